The number of cyclic esters (lactones) is 1. The Labute approximate surface area is 220 Å². The number of carbonyl (C=O) groups excluding carboxylic acids is 3. The predicted molar refractivity (Wildman–Crippen MR) is 137 cm³/mol. The topological polar surface area (TPSA) is 113 Å². The van der Waals surface area contributed by atoms with Crippen molar-refractivity contribution in [3.63, 3.8) is 0 Å². The molecule has 37 heavy (non-hydrogen) atoms. The van der Waals surface area contributed by atoms with Crippen molar-refractivity contribution in [2.24, 2.45) is 17.8 Å². The SMILES string of the molecule is COc1ccnc(C(=O)N[C@H]2CCC[C@H](CC3CCCC3)[C@@H](OCC(C)C)[C@H](C)OC2=O)c1OC(C)=O. The van der Waals surface area contributed by atoms with E-state index in [-0.39, 0.29) is 29.2 Å². The summed E-state index contributed by atoms with van der Waals surface area (Å²) in [4.78, 5) is 42.1. The third kappa shape index (κ3) is 8.15. The van der Waals surface area contributed by atoms with Crippen molar-refractivity contribution in [3.05, 3.63) is 18.0 Å². The third-order valence-electron chi connectivity index (χ3n) is 7.17. The van der Waals surface area contributed by atoms with E-state index in [1.807, 2.05) is 6.92 Å². The van der Waals surface area contributed by atoms with E-state index in [2.05, 4.69) is 24.1 Å². The maximum Gasteiger partial charge on any atom is 0.329 e. The van der Waals surface area contributed by atoms with Gasteiger partial charge in [-0.1, -0.05) is 46.0 Å². The van der Waals surface area contributed by atoms with E-state index in [4.69, 9.17) is 18.9 Å². The van der Waals surface area contributed by atoms with Gasteiger partial charge in [0.15, 0.2) is 11.4 Å². The number of pyridine rings is 1. The van der Waals surface area contributed by atoms with Gasteiger partial charge in [-0.2, -0.15) is 0 Å². The van der Waals surface area contributed by atoms with E-state index >= 15 is 0 Å². The van der Waals surface area contributed by atoms with Crippen LogP contribution in [0.4, 0.5) is 0 Å². The van der Waals surface area contributed by atoms with Crippen LogP contribution in [0.25, 0.3) is 0 Å². The van der Waals surface area contributed by atoms with Gasteiger partial charge in [0.2, 0.25) is 5.75 Å². The van der Waals surface area contributed by atoms with Crippen molar-refractivity contribution in [2.75, 3.05) is 13.7 Å². The van der Waals surface area contributed by atoms with E-state index in [1.165, 1.54) is 52.0 Å². The van der Waals surface area contributed by atoms with Gasteiger partial charge in [-0.25, -0.2) is 9.78 Å². The molecule has 1 aliphatic carbocycles. The third-order valence-corrected chi connectivity index (χ3v) is 7.17. The van der Waals surface area contributed by atoms with Crippen LogP contribution in [0.2, 0.25) is 0 Å². The highest BCUT2D eigenvalue weighted by atomic mass is 16.6. The molecule has 2 fully saturated rings. The molecule has 1 amide bonds. The van der Waals surface area contributed by atoms with Gasteiger partial charge in [0, 0.05) is 25.8 Å². The number of hydrogen-bond acceptors (Lipinski definition) is 8. The van der Waals surface area contributed by atoms with Crippen LogP contribution in [0.5, 0.6) is 11.5 Å². The highest BCUT2D eigenvalue weighted by molar-refractivity contribution is 5.98. The quantitative estimate of drug-likeness (QED) is 0.477. The molecular weight excluding hydrogens is 476 g/mol. The van der Waals surface area contributed by atoms with Gasteiger partial charge in [-0.05, 0) is 43.9 Å². The summed E-state index contributed by atoms with van der Waals surface area (Å²) in [6, 6.07) is 0.636. The monoisotopic (exact) mass is 518 g/mol. The Morgan fingerprint density at radius 3 is 2.54 bits per heavy atom. The summed E-state index contributed by atoms with van der Waals surface area (Å²) in [5.41, 5.74) is -0.132. The van der Waals surface area contributed by atoms with Gasteiger partial charge in [0.1, 0.15) is 12.1 Å². The molecule has 1 saturated carbocycles. The molecule has 0 bridgehead atoms. The Morgan fingerprint density at radius 1 is 1.16 bits per heavy atom. The smallest absolute Gasteiger partial charge is 0.329 e. The van der Waals surface area contributed by atoms with Crippen LogP contribution < -0.4 is 14.8 Å². The predicted octanol–water partition coefficient (Wildman–Crippen LogP) is 4.47. The van der Waals surface area contributed by atoms with Crippen LogP contribution in [-0.2, 0) is 19.1 Å². The number of nitrogens with one attached hydrogen (secondary N) is 1. The molecule has 1 aromatic rings. The fourth-order valence-corrected chi connectivity index (χ4v) is 5.44. The number of ether oxygens (including phenoxy) is 4. The Balaban J connectivity index is 1.77. The second-order valence-corrected chi connectivity index (χ2v) is 10.7. The fourth-order valence-electron chi connectivity index (χ4n) is 5.44. The number of amides is 1. The minimum absolute atomic E-state index is 0.0846. The molecule has 1 aliphatic heterocycles. The molecule has 4 atom stereocenters. The van der Waals surface area contributed by atoms with Gasteiger partial charge in [0.25, 0.3) is 5.91 Å². The Hall–Kier alpha value is -2.68. The molecule has 206 valence electrons. The summed E-state index contributed by atoms with van der Waals surface area (Å²) in [6.45, 7) is 7.94. The molecule has 0 spiro atoms. The zero-order valence-electron chi connectivity index (χ0n) is 22.8. The van der Waals surface area contributed by atoms with Crippen molar-refractivity contribution >= 4 is 17.8 Å². The largest absolute Gasteiger partial charge is 0.493 e. The maximum atomic E-state index is 13.2. The second-order valence-electron chi connectivity index (χ2n) is 10.7. The van der Waals surface area contributed by atoms with Crippen LogP contribution in [0, 0.1) is 17.8 Å². The first-order chi connectivity index (χ1) is 17.7. The molecule has 0 unspecified atom stereocenters. The molecular formula is C28H42N2O7. The van der Waals surface area contributed by atoms with E-state index in [0.29, 0.717) is 24.9 Å². The molecule has 2 aliphatic rings. The minimum Gasteiger partial charge on any atom is -0.493 e. The van der Waals surface area contributed by atoms with Crippen molar-refractivity contribution in [1.82, 2.24) is 10.3 Å². The van der Waals surface area contributed by atoms with Gasteiger partial charge >= 0.3 is 11.9 Å². The lowest BCUT2D eigenvalue weighted by atomic mass is 9.83. The number of methoxy groups -OCH3 is 1. The zero-order valence-corrected chi connectivity index (χ0v) is 22.8. The summed E-state index contributed by atoms with van der Waals surface area (Å²) >= 11 is 0. The molecule has 9 nitrogen and oxygen atoms in total. The first-order valence-corrected chi connectivity index (χ1v) is 13.5. The first kappa shape index (κ1) is 28.9. The lowest BCUT2D eigenvalue weighted by Crippen LogP contribution is -2.45. The molecule has 3 rings (SSSR count). The van der Waals surface area contributed by atoms with E-state index < -0.39 is 30.0 Å². The average molecular weight is 519 g/mol. The van der Waals surface area contributed by atoms with E-state index in [1.54, 1.807) is 0 Å². The lowest BCUT2D eigenvalue weighted by Gasteiger charge is -2.33. The van der Waals surface area contributed by atoms with Crippen LogP contribution in [0.3, 0.4) is 0 Å². The maximum absolute atomic E-state index is 13.2. The van der Waals surface area contributed by atoms with Crippen LogP contribution in [0.1, 0.15) is 89.5 Å². The van der Waals surface area contributed by atoms with Gasteiger partial charge in [-0.15, -0.1) is 0 Å². The summed E-state index contributed by atoms with van der Waals surface area (Å²) in [6.07, 6.45) is 8.95. The summed E-state index contributed by atoms with van der Waals surface area (Å²) in [5, 5.41) is 2.76. The zero-order chi connectivity index (χ0) is 26.9. The fraction of sp³-hybridized carbons (Fsp3) is 0.714. The molecule has 1 saturated heterocycles. The highest BCUT2D eigenvalue weighted by Crippen LogP contribution is 2.36. The summed E-state index contributed by atoms with van der Waals surface area (Å²) in [5.74, 6) is -0.299. The number of hydrogen-bond donors (Lipinski definition) is 1. The van der Waals surface area contributed by atoms with Crippen molar-refractivity contribution < 1.29 is 33.3 Å². The second kappa shape index (κ2) is 13.7. The van der Waals surface area contributed by atoms with Gasteiger partial charge in [-0.3, -0.25) is 9.59 Å². The number of carbonyl (C=O) groups is 3. The van der Waals surface area contributed by atoms with Crippen molar-refractivity contribution in [1.29, 1.82) is 0 Å². The molecule has 1 N–H and O–H groups in total. The van der Waals surface area contributed by atoms with Crippen molar-refractivity contribution in [3.8, 4) is 11.5 Å². The van der Waals surface area contributed by atoms with Crippen molar-refractivity contribution in [2.45, 2.75) is 97.3 Å². The number of esters is 2. The lowest BCUT2D eigenvalue weighted by molar-refractivity contribution is -0.162. The Morgan fingerprint density at radius 2 is 1.89 bits per heavy atom. The minimum atomic E-state index is -0.857. The van der Waals surface area contributed by atoms with Gasteiger partial charge < -0.3 is 24.3 Å². The highest BCUT2D eigenvalue weighted by Gasteiger charge is 2.37. The van der Waals surface area contributed by atoms with Crippen LogP contribution in [-0.4, -0.2) is 54.8 Å². The molecule has 2 heterocycles. The van der Waals surface area contributed by atoms with E-state index in [0.717, 1.165) is 19.3 Å². The molecule has 0 aromatic carbocycles. The van der Waals surface area contributed by atoms with Crippen LogP contribution in [0.15, 0.2) is 12.3 Å². The molecule has 1 aromatic heterocycles. The Kier molecular flexibility index (Phi) is 10.7. The standard InChI is InChI=1S/C28H42N2O7/c1-17(2)16-35-25-18(3)36-28(33)22(12-8-11-21(25)15-20-9-6-7-10-20)30-27(32)24-26(37-19(4)31)23(34-5)13-14-29-24/h13-14,17-18,20-22,25H,6-12,15-16H2,1-5H3,(H,30,32)/t18-,21+,22-,25-/m0/s1. The number of rotatable bonds is 9. The first-order valence-electron chi connectivity index (χ1n) is 13.5. The molecule has 0 radical (unpaired) electrons. The molecule has 9 heteroatoms. The Bertz CT molecular complexity index is 929. The summed E-state index contributed by atoms with van der Waals surface area (Å²) < 4.78 is 22.7. The summed E-state index contributed by atoms with van der Waals surface area (Å²) in [7, 11) is 1.40. The number of aromatic nitrogens is 1. The van der Waals surface area contributed by atoms with E-state index in [9.17, 15) is 14.4 Å². The van der Waals surface area contributed by atoms with Crippen LogP contribution >= 0.6 is 0 Å². The normalized spacial score (nSPS) is 25.1. The number of nitrogens with zero attached hydrogens (tertiary/aromatic N) is 1. The average Bonchev–Trinajstić information content (AvgIpc) is 3.36. The van der Waals surface area contributed by atoms with Gasteiger partial charge in [0.05, 0.1) is 13.2 Å².